The van der Waals surface area contributed by atoms with Crippen molar-refractivity contribution in [3.05, 3.63) is 17.7 Å². The zero-order chi connectivity index (χ0) is 16.7. The van der Waals surface area contributed by atoms with E-state index in [1.165, 1.54) is 27.4 Å². The van der Waals surface area contributed by atoms with Crippen molar-refractivity contribution in [2.45, 2.75) is 25.8 Å². The van der Waals surface area contributed by atoms with Crippen molar-refractivity contribution < 1.29 is 28.9 Å². The maximum atomic E-state index is 12.3. The summed E-state index contributed by atoms with van der Waals surface area (Å²) in [6.45, 7) is 1.74. The lowest BCUT2D eigenvalue weighted by Gasteiger charge is -2.16. The van der Waals surface area contributed by atoms with Gasteiger partial charge in [0.15, 0.2) is 11.5 Å². The minimum Gasteiger partial charge on any atom is -0.496 e. The van der Waals surface area contributed by atoms with Crippen LogP contribution in [0, 0.1) is 0 Å². The summed E-state index contributed by atoms with van der Waals surface area (Å²) >= 11 is 0. The van der Waals surface area contributed by atoms with Crippen molar-refractivity contribution in [1.29, 1.82) is 0 Å². The lowest BCUT2D eigenvalue weighted by atomic mass is 10.1. The van der Waals surface area contributed by atoms with Gasteiger partial charge >= 0.3 is 5.97 Å². The molecule has 1 atom stereocenters. The maximum absolute atomic E-state index is 12.3. The second-order valence-corrected chi connectivity index (χ2v) is 4.71. The van der Waals surface area contributed by atoms with Gasteiger partial charge in [-0.2, -0.15) is 0 Å². The summed E-state index contributed by atoms with van der Waals surface area (Å²) in [5.74, 6) is -0.0532. The predicted molar refractivity (Wildman–Crippen MR) is 79.9 cm³/mol. The third kappa shape index (κ3) is 4.54. The minimum absolute atomic E-state index is 0.00941. The first-order chi connectivity index (χ1) is 10.4. The highest BCUT2D eigenvalue weighted by Gasteiger charge is 2.19. The van der Waals surface area contributed by atoms with Gasteiger partial charge in [0.2, 0.25) is 0 Å². The number of carbonyl (C=O) groups excluding carboxylic acids is 1. The summed E-state index contributed by atoms with van der Waals surface area (Å²) in [4.78, 5) is 22.9. The number of aliphatic carboxylic acids is 1. The fourth-order valence-corrected chi connectivity index (χ4v) is 1.92. The molecule has 0 aliphatic rings. The number of nitrogens with one attached hydrogen (secondary N) is 1. The van der Waals surface area contributed by atoms with E-state index in [1.54, 1.807) is 13.0 Å². The molecule has 1 aromatic carbocycles. The molecule has 1 unspecified atom stereocenters. The number of carboxylic acids is 1. The molecule has 22 heavy (non-hydrogen) atoms. The lowest BCUT2D eigenvalue weighted by molar-refractivity contribution is -0.137. The molecule has 1 aromatic rings. The molecule has 0 saturated carbocycles. The van der Waals surface area contributed by atoms with Crippen LogP contribution in [0.2, 0.25) is 0 Å². The van der Waals surface area contributed by atoms with Crippen molar-refractivity contribution in [2.24, 2.45) is 0 Å². The standard InChI is InChI=1S/C15H21NO6/c1-9(5-6-14(17)18)16-15(19)10-7-12(21-3)13(22-4)8-11(10)20-2/h7-9H,5-6H2,1-4H3,(H,16,19)(H,17,18). The molecule has 0 saturated heterocycles. The molecule has 0 aliphatic carbocycles. The van der Waals surface area contributed by atoms with E-state index >= 15 is 0 Å². The fourth-order valence-electron chi connectivity index (χ4n) is 1.92. The first-order valence-electron chi connectivity index (χ1n) is 6.75. The number of amides is 1. The molecule has 122 valence electrons. The van der Waals surface area contributed by atoms with E-state index in [4.69, 9.17) is 19.3 Å². The van der Waals surface area contributed by atoms with Crippen LogP contribution in [0.15, 0.2) is 12.1 Å². The molecule has 7 nitrogen and oxygen atoms in total. The number of rotatable bonds is 8. The molecule has 0 aromatic heterocycles. The first-order valence-corrected chi connectivity index (χ1v) is 6.75. The summed E-state index contributed by atoms with van der Waals surface area (Å²) in [6.07, 6.45) is 0.335. The van der Waals surface area contributed by atoms with Crippen molar-refractivity contribution in [3.63, 3.8) is 0 Å². The van der Waals surface area contributed by atoms with Gasteiger partial charge in [-0.1, -0.05) is 0 Å². The van der Waals surface area contributed by atoms with Crippen LogP contribution in [0.25, 0.3) is 0 Å². The molecule has 0 bridgehead atoms. The number of hydrogen-bond donors (Lipinski definition) is 2. The molecular formula is C15H21NO6. The molecule has 2 N–H and O–H groups in total. The average Bonchev–Trinajstić information content (AvgIpc) is 2.51. The van der Waals surface area contributed by atoms with E-state index in [1.807, 2.05) is 0 Å². The van der Waals surface area contributed by atoms with Crippen molar-refractivity contribution in [2.75, 3.05) is 21.3 Å². The van der Waals surface area contributed by atoms with Crippen LogP contribution in [-0.4, -0.2) is 44.4 Å². The Bertz CT molecular complexity index is 543. The first kappa shape index (κ1) is 17.6. The SMILES string of the molecule is COc1cc(OC)c(C(=O)NC(C)CCC(=O)O)cc1OC. The number of carbonyl (C=O) groups is 2. The Labute approximate surface area is 129 Å². The summed E-state index contributed by atoms with van der Waals surface area (Å²) in [6, 6.07) is 2.81. The summed E-state index contributed by atoms with van der Waals surface area (Å²) < 4.78 is 15.5. The summed E-state index contributed by atoms with van der Waals surface area (Å²) in [5, 5.41) is 11.4. The number of benzene rings is 1. The molecular weight excluding hydrogens is 290 g/mol. The third-order valence-corrected chi connectivity index (χ3v) is 3.12. The molecule has 0 aliphatic heterocycles. The Morgan fingerprint density at radius 1 is 1.09 bits per heavy atom. The van der Waals surface area contributed by atoms with E-state index in [2.05, 4.69) is 5.32 Å². The zero-order valence-electron chi connectivity index (χ0n) is 13.1. The van der Waals surface area contributed by atoms with Crippen molar-refractivity contribution in [1.82, 2.24) is 5.32 Å². The van der Waals surface area contributed by atoms with Crippen LogP contribution in [0.5, 0.6) is 17.2 Å². The molecule has 7 heteroatoms. The smallest absolute Gasteiger partial charge is 0.303 e. The van der Waals surface area contributed by atoms with Gasteiger partial charge in [-0.25, -0.2) is 0 Å². The van der Waals surface area contributed by atoms with Crippen LogP contribution >= 0.6 is 0 Å². The van der Waals surface area contributed by atoms with Crippen molar-refractivity contribution in [3.8, 4) is 17.2 Å². The third-order valence-electron chi connectivity index (χ3n) is 3.12. The van der Waals surface area contributed by atoms with E-state index in [0.717, 1.165) is 0 Å². The maximum Gasteiger partial charge on any atom is 0.303 e. The van der Waals surface area contributed by atoms with Crippen LogP contribution < -0.4 is 19.5 Å². The predicted octanol–water partition coefficient (Wildman–Crippen LogP) is 1.70. The second kappa shape index (κ2) is 8.11. The van der Waals surface area contributed by atoms with E-state index in [-0.39, 0.29) is 18.4 Å². The molecule has 1 amide bonds. The lowest BCUT2D eigenvalue weighted by Crippen LogP contribution is -2.33. The summed E-state index contributed by atoms with van der Waals surface area (Å²) in [5.41, 5.74) is 0.294. The van der Waals surface area contributed by atoms with Crippen LogP contribution in [0.4, 0.5) is 0 Å². The molecule has 0 fully saturated rings. The van der Waals surface area contributed by atoms with Gasteiger partial charge in [0.25, 0.3) is 5.91 Å². The summed E-state index contributed by atoms with van der Waals surface area (Å²) in [7, 11) is 4.42. The highest BCUT2D eigenvalue weighted by atomic mass is 16.5. The van der Waals surface area contributed by atoms with Crippen LogP contribution in [0.1, 0.15) is 30.1 Å². The van der Waals surface area contributed by atoms with E-state index in [9.17, 15) is 9.59 Å². The van der Waals surface area contributed by atoms with Gasteiger partial charge in [-0.15, -0.1) is 0 Å². The van der Waals surface area contributed by atoms with Gasteiger partial charge in [-0.3, -0.25) is 9.59 Å². The Kier molecular flexibility index (Phi) is 6.49. The monoisotopic (exact) mass is 311 g/mol. The average molecular weight is 311 g/mol. The normalized spacial score (nSPS) is 11.5. The Morgan fingerprint density at radius 2 is 1.64 bits per heavy atom. The Hall–Kier alpha value is -2.44. The molecule has 0 heterocycles. The quantitative estimate of drug-likeness (QED) is 0.759. The zero-order valence-corrected chi connectivity index (χ0v) is 13.1. The molecule has 1 rings (SSSR count). The van der Waals surface area contributed by atoms with Crippen LogP contribution in [0.3, 0.4) is 0 Å². The molecule has 0 spiro atoms. The second-order valence-electron chi connectivity index (χ2n) is 4.71. The van der Waals surface area contributed by atoms with Gasteiger partial charge in [0, 0.05) is 24.6 Å². The Morgan fingerprint density at radius 3 is 2.14 bits per heavy atom. The van der Waals surface area contributed by atoms with Gasteiger partial charge in [-0.05, 0) is 13.3 Å². The number of ether oxygens (including phenoxy) is 3. The molecule has 0 radical (unpaired) electrons. The number of carboxylic acid groups (broad SMARTS) is 1. The minimum atomic E-state index is -0.898. The highest BCUT2D eigenvalue weighted by Crippen LogP contribution is 2.34. The van der Waals surface area contributed by atoms with Gasteiger partial charge in [0.05, 0.1) is 26.9 Å². The highest BCUT2D eigenvalue weighted by molar-refractivity contribution is 5.98. The van der Waals surface area contributed by atoms with Crippen molar-refractivity contribution >= 4 is 11.9 Å². The number of methoxy groups -OCH3 is 3. The largest absolute Gasteiger partial charge is 0.496 e. The Balaban J connectivity index is 2.94. The van der Waals surface area contributed by atoms with E-state index < -0.39 is 5.97 Å². The fraction of sp³-hybridized carbons (Fsp3) is 0.467. The topological polar surface area (TPSA) is 94.1 Å². The van der Waals surface area contributed by atoms with E-state index in [0.29, 0.717) is 29.2 Å². The van der Waals surface area contributed by atoms with Crippen LogP contribution in [-0.2, 0) is 4.79 Å². The number of hydrogen-bond acceptors (Lipinski definition) is 5. The van der Waals surface area contributed by atoms with Gasteiger partial charge < -0.3 is 24.6 Å². The van der Waals surface area contributed by atoms with Gasteiger partial charge in [0.1, 0.15) is 5.75 Å².